The molecule has 1 rings (SSSR count). The largest absolute Gasteiger partial charge is 0.497 e. The molecule has 0 saturated carbocycles. The second kappa shape index (κ2) is 4.86. The van der Waals surface area contributed by atoms with Crippen LogP contribution in [0.5, 0.6) is 5.75 Å². The number of ether oxygens (including phenoxy) is 1. The van der Waals surface area contributed by atoms with Crippen LogP contribution in [0.3, 0.4) is 0 Å². The van der Waals surface area contributed by atoms with Crippen LogP contribution in [0.15, 0.2) is 24.3 Å². The summed E-state index contributed by atoms with van der Waals surface area (Å²) in [6.07, 6.45) is 5.39. The standard InChI is InChI=1S/C13H17NO/c1-5-13(2,3)14-10-11-7-6-8-12(9-11)15-4/h1,6-9,14H,10H2,2-4H3. The lowest BCUT2D eigenvalue weighted by Gasteiger charge is -2.19. The van der Waals surface area contributed by atoms with E-state index >= 15 is 0 Å². The van der Waals surface area contributed by atoms with Gasteiger partial charge >= 0.3 is 0 Å². The van der Waals surface area contributed by atoms with E-state index in [2.05, 4.69) is 11.2 Å². The predicted molar refractivity (Wildman–Crippen MR) is 62.7 cm³/mol. The molecule has 0 unspecified atom stereocenters. The molecule has 1 N–H and O–H groups in total. The van der Waals surface area contributed by atoms with Gasteiger partial charge in [0.25, 0.3) is 0 Å². The van der Waals surface area contributed by atoms with E-state index in [9.17, 15) is 0 Å². The smallest absolute Gasteiger partial charge is 0.119 e. The van der Waals surface area contributed by atoms with Crippen LogP contribution in [-0.4, -0.2) is 12.6 Å². The number of nitrogens with one attached hydrogen (secondary N) is 1. The van der Waals surface area contributed by atoms with Crippen LogP contribution < -0.4 is 10.1 Å². The first-order chi connectivity index (χ1) is 7.07. The van der Waals surface area contributed by atoms with Gasteiger partial charge in [0.15, 0.2) is 0 Å². The first-order valence-electron chi connectivity index (χ1n) is 4.93. The molecule has 0 aliphatic rings. The van der Waals surface area contributed by atoms with Crippen molar-refractivity contribution >= 4 is 0 Å². The van der Waals surface area contributed by atoms with Gasteiger partial charge in [-0.1, -0.05) is 18.1 Å². The maximum Gasteiger partial charge on any atom is 0.119 e. The Morgan fingerprint density at radius 3 is 2.80 bits per heavy atom. The first kappa shape index (κ1) is 11.6. The summed E-state index contributed by atoms with van der Waals surface area (Å²) < 4.78 is 5.15. The highest BCUT2D eigenvalue weighted by Crippen LogP contribution is 2.13. The van der Waals surface area contributed by atoms with Crippen molar-refractivity contribution in [2.24, 2.45) is 0 Å². The number of benzene rings is 1. The first-order valence-corrected chi connectivity index (χ1v) is 4.93. The molecular weight excluding hydrogens is 186 g/mol. The van der Waals surface area contributed by atoms with E-state index in [-0.39, 0.29) is 5.54 Å². The SMILES string of the molecule is C#CC(C)(C)NCc1cccc(OC)c1. The van der Waals surface area contributed by atoms with Gasteiger partial charge < -0.3 is 4.74 Å². The van der Waals surface area contributed by atoms with Crippen molar-refractivity contribution in [2.75, 3.05) is 7.11 Å². The maximum atomic E-state index is 5.39. The zero-order valence-corrected chi connectivity index (χ0v) is 9.50. The molecular formula is C13H17NO. The van der Waals surface area contributed by atoms with Crippen molar-refractivity contribution in [3.8, 4) is 18.1 Å². The molecule has 0 bridgehead atoms. The van der Waals surface area contributed by atoms with Crippen LogP contribution in [0.2, 0.25) is 0 Å². The van der Waals surface area contributed by atoms with Crippen LogP contribution >= 0.6 is 0 Å². The van der Waals surface area contributed by atoms with Gasteiger partial charge in [0.05, 0.1) is 12.6 Å². The zero-order chi connectivity index (χ0) is 11.3. The van der Waals surface area contributed by atoms with E-state index in [1.54, 1.807) is 7.11 Å². The lowest BCUT2D eigenvalue weighted by atomic mass is 10.1. The fraction of sp³-hybridized carbons (Fsp3) is 0.385. The third-order valence-corrected chi connectivity index (χ3v) is 2.23. The molecule has 0 saturated heterocycles. The Bertz CT molecular complexity index is 363. The van der Waals surface area contributed by atoms with Crippen LogP contribution in [-0.2, 0) is 6.54 Å². The highest BCUT2D eigenvalue weighted by atomic mass is 16.5. The second-order valence-corrected chi connectivity index (χ2v) is 3.97. The summed E-state index contributed by atoms with van der Waals surface area (Å²) in [5, 5.41) is 3.28. The summed E-state index contributed by atoms with van der Waals surface area (Å²) >= 11 is 0. The van der Waals surface area contributed by atoms with Crippen LogP contribution in [0.25, 0.3) is 0 Å². The lowest BCUT2D eigenvalue weighted by Crippen LogP contribution is -2.36. The van der Waals surface area contributed by atoms with E-state index < -0.39 is 0 Å². The molecule has 0 aromatic heterocycles. The van der Waals surface area contributed by atoms with E-state index in [0.29, 0.717) is 0 Å². The molecule has 0 spiro atoms. The molecule has 80 valence electrons. The van der Waals surface area contributed by atoms with Gasteiger partial charge in [-0.15, -0.1) is 6.42 Å². The molecule has 1 aromatic carbocycles. The Morgan fingerprint density at radius 1 is 1.47 bits per heavy atom. The third-order valence-electron chi connectivity index (χ3n) is 2.23. The van der Waals surface area contributed by atoms with Gasteiger partial charge in [-0.3, -0.25) is 5.32 Å². The number of methoxy groups -OCH3 is 1. The maximum absolute atomic E-state index is 5.39. The van der Waals surface area contributed by atoms with Gasteiger partial charge in [-0.2, -0.15) is 0 Å². The molecule has 0 atom stereocenters. The number of terminal acetylenes is 1. The molecule has 0 amide bonds. The fourth-order valence-electron chi connectivity index (χ4n) is 1.16. The molecule has 0 radical (unpaired) electrons. The average molecular weight is 203 g/mol. The van der Waals surface area contributed by atoms with Gasteiger partial charge in [0.2, 0.25) is 0 Å². The van der Waals surface area contributed by atoms with Crippen LogP contribution in [0.1, 0.15) is 19.4 Å². The molecule has 0 heterocycles. The Kier molecular flexibility index (Phi) is 3.76. The van der Waals surface area contributed by atoms with Crippen molar-refractivity contribution < 1.29 is 4.74 Å². The highest BCUT2D eigenvalue weighted by Gasteiger charge is 2.11. The number of rotatable bonds is 4. The Morgan fingerprint density at radius 2 is 2.20 bits per heavy atom. The Hall–Kier alpha value is -1.46. The van der Waals surface area contributed by atoms with Crippen molar-refractivity contribution in [1.82, 2.24) is 5.32 Å². The van der Waals surface area contributed by atoms with Crippen molar-refractivity contribution in [3.05, 3.63) is 29.8 Å². The van der Waals surface area contributed by atoms with Crippen molar-refractivity contribution in [2.45, 2.75) is 25.9 Å². The number of hydrogen-bond acceptors (Lipinski definition) is 2. The summed E-state index contributed by atoms with van der Waals surface area (Å²) in [6.45, 7) is 4.70. The zero-order valence-electron chi connectivity index (χ0n) is 9.50. The molecule has 15 heavy (non-hydrogen) atoms. The minimum absolute atomic E-state index is 0.275. The Labute approximate surface area is 91.6 Å². The van der Waals surface area contributed by atoms with Crippen molar-refractivity contribution in [1.29, 1.82) is 0 Å². The van der Waals surface area contributed by atoms with Gasteiger partial charge in [-0.25, -0.2) is 0 Å². The summed E-state index contributed by atoms with van der Waals surface area (Å²) in [5.41, 5.74) is 0.890. The van der Waals surface area contributed by atoms with Gasteiger partial charge in [0, 0.05) is 6.54 Å². The monoisotopic (exact) mass is 203 g/mol. The Balaban J connectivity index is 2.62. The van der Waals surface area contributed by atoms with E-state index in [4.69, 9.17) is 11.2 Å². The molecule has 1 aromatic rings. The molecule has 0 aliphatic carbocycles. The quantitative estimate of drug-likeness (QED) is 0.757. The average Bonchev–Trinajstić information content (AvgIpc) is 2.27. The molecule has 2 heteroatoms. The summed E-state index contributed by atoms with van der Waals surface area (Å²) in [6, 6.07) is 7.94. The van der Waals surface area contributed by atoms with Crippen LogP contribution in [0.4, 0.5) is 0 Å². The van der Waals surface area contributed by atoms with Gasteiger partial charge in [0.1, 0.15) is 5.75 Å². The van der Waals surface area contributed by atoms with E-state index in [1.165, 1.54) is 0 Å². The molecule has 2 nitrogen and oxygen atoms in total. The topological polar surface area (TPSA) is 21.3 Å². The lowest BCUT2D eigenvalue weighted by molar-refractivity contribution is 0.413. The van der Waals surface area contributed by atoms with Crippen LogP contribution in [0, 0.1) is 12.3 Å². The van der Waals surface area contributed by atoms with Crippen molar-refractivity contribution in [3.63, 3.8) is 0 Å². The molecule has 0 fully saturated rings. The predicted octanol–water partition coefficient (Wildman–Crippen LogP) is 2.20. The summed E-state index contributed by atoms with van der Waals surface area (Å²) in [7, 11) is 1.66. The second-order valence-electron chi connectivity index (χ2n) is 3.97. The summed E-state index contributed by atoms with van der Waals surface area (Å²) in [5.74, 6) is 3.57. The number of hydrogen-bond donors (Lipinski definition) is 1. The van der Waals surface area contributed by atoms with Gasteiger partial charge in [-0.05, 0) is 31.5 Å². The highest BCUT2D eigenvalue weighted by molar-refractivity contribution is 5.28. The summed E-state index contributed by atoms with van der Waals surface area (Å²) in [4.78, 5) is 0. The molecule has 0 aliphatic heterocycles. The minimum atomic E-state index is -0.275. The third kappa shape index (κ3) is 3.65. The minimum Gasteiger partial charge on any atom is -0.497 e. The van der Waals surface area contributed by atoms with E-state index in [1.807, 2.05) is 38.1 Å². The fourth-order valence-corrected chi connectivity index (χ4v) is 1.16. The normalized spacial score (nSPS) is 10.8. The van der Waals surface area contributed by atoms with E-state index in [0.717, 1.165) is 17.9 Å².